The van der Waals surface area contributed by atoms with Crippen molar-refractivity contribution < 1.29 is 26.7 Å². The van der Waals surface area contributed by atoms with Crippen molar-refractivity contribution in [2.24, 2.45) is 0 Å². The summed E-state index contributed by atoms with van der Waals surface area (Å²) in [6, 6.07) is 0. The van der Waals surface area contributed by atoms with Crippen LogP contribution in [0, 0.1) is 0 Å². The van der Waals surface area contributed by atoms with Gasteiger partial charge >= 0.3 is 16.4 Å². The number of hydrogen-bond acceptors (Lipinski definition) is 5. The Kier molecular flexibility index (Phi) is 9.01. The van der Waals surface area contributed by atoms with Gasteiger partial charge in [0.15, 0.2) is 6.61 Å². The summed E-state index contributed by atoms with van der Waals surface area (Å²) in [4.78, 5) is 10.9. The van der Waals surface area contributed by atoms with Gasteiger partial charge in [-0.1, -0.05) is 39.0 Å². The van der Waals surface area contributed by atoms with E-state index in [0.717, 1.165) is 19.3 Å². The lowest BCUT2D eigenvalue weighted by atomic mass is 10.1. The van der Waals surface area contributed by atoms with Crippen LogP contribution in [-0.2, 0) is 24.1 Å². The first-order chi connectivity index (χ1) is 7.95. The molecule has 0 bridgehead atoms. The number of rotatable bonds is 10. The van der Waals surface area contributed by atoms with E-state index in [2.05, 4.69) is 11.1 Å². The monoisotopic (exact) mass is 268 g/mol. The van der Waals surface area contributed by atoms with Crippen LogP contribution in [0.4, 0.5) is 0 Å². The Morgan fingerprint density at radius 3 is 2.29 bits per heavy atom. The molecule has 1 N–H and O–H groups in total. The maximum absolute atomic E-state index is 10.9. The highest BCUT2D eigenvalue weighted by Gasteiger charge is 2.10. The molecule has 0 fully saturated rings. The molecule has 0 spiro atoms. The minimum atomic E-state index is -4.57. The average molecular weight is 268 g/mol. The zero-order valence-corrected chi connectivity index (χ0v) is 10.9. The highest BCUT2D eigenvalue weighted by atomic mass is 32.3. The number of carbonyl (C=O) groups excluding carboxylic acids is 1. The lowest BCUT2D eigenvalue weighted by molar-refractivity contribution is -0.146. The van der Waals surface area contributed by atoms with Gasteiger partial charge in [-0.05, 0) is 6.42 Å². The normalized spacial score (nSPS) is 11.4. The molecule has 0 radical (unpaired) electrons. The summed E-state index contributed by atoms with van der Waals surface area (Å²) in [7, 11) is -4.57. The quantitative estimate of drug-likeness (QED) is 0.368. The van der Waals surface area contributed by atoms with Crippen LogP contribution in [0.15, 0.2) is 0 Å². The van der Waals surface area contributed by atoms with Crippen LogP contribution in [0.3, 0.4) is 0 Å². The van der Waals surface area contributed by atoms with Crippen LogP contribution in [-0.4, -0.2) is 32.2 Å². The van der Waals surface area contributed by atoms with Gasteiger partial charge in [0.25, 0.3) is 0 Å². The molecule has 0 aliphatic rings. The zero-order chi connectivity index (χ0) is 13.1. The smallest absolute Gasteiger partial charge is 0.397 e. The first kappa shape index (κ1) is 16.3. The van der Waals surface area contributed by atoms with Crippen LogP contribution in [0.25, 0.3) is 0 Å². The summed E-state index contributed by atoms with van der Waals surface area (Å²) in [5.41, 5.74) is 0. The van der Waals surface area contributed by atoms with Crippen molar-refractivity contribution in [3.8, 4) is 0 Å². The van der Waals surface area contributed by atoms with Gasteiger partial charge in [0.05, 0.1) is 6.61 Å². The van der Waals surface area contributed by atoms with Crippen molar-refractivity contribution in [1.29, 1.82) is 0 Å². The highest BCUT2D eigenvalue weighted by molar-refractivity contribution is 7.80. The summed E-state index contributed by atoms with van der Waals surface area (Å²) in [6.45, 7) is 1.60. The molecule has 0 heterocycles. The Morgan fingerprint density at radius 2 is 1.71 bits per heavy atom. The topological polar surface area (TPSA) is 89.9 Å². The van der Waals surface area contributed by atoms with Crippen LogP contribution < -0.4 is 0 Å². The third kappa shape index (κ3) is 13.3. The van der Waals surface area contributed by atoms with E-state index in [0.29, 0.717) is 0 Å². The lowest BCUT2D eigenvalue weighted by Crippen LogP contribution is -2.16. The van der Waals surface area contributed by atoms with Gasteiger partial charge in [-0.15, -0.1) is 0 Å². The highest BCUT2D eigenvalue weighted by Crippen LogP contribution is 2.04. The Labute approximate surface area is 102 Å². The second-order valence-electron chi connectivity index (χ2n) is 3.68. The maximum Gasteiger partial charge on any atom is 0.397 e. The number of ether oxygens (including phenoxy) is 1. The van der Waals surface area contributed by atoms with Gasteiger partial charge in [-0.2, -0.15) is 8.42 Å². The molecule has 0 aliphatic carbocycles. The van der Waals surface area contributed by atoms with E-state index in [9.17, 15) is 13.2 Å². The maximum atomic E-state index is 10.9. The van der Waals surface area contributed by atoms with Gasteiger partial charge in [-0.3, -0.25) is 4.55 Å². The lowest BCUT2D eigenvalue weighted by Gasteiger charge is -2.04. The first-order valence-corrected chi connectivity index (χ1v) is 7.09. The molecule has 7 heteroatoms. The van der Waals surface area contributed by atoms with E-state index in [-0.39, 0.29) is 6.61 Å². The number of hydrogen-bond donors (Lipinski definition) is 1. The molecule has 0 unspecified atom stereocenters. The van der Waals surface area contributed by atoms with Gasteiger partial charge in [0.1, 0.15) is 0 Å². The predicted octanol–water partition coefficient (Wildman–Crippen LogP) is 1.71. The van der Waals surface area contributed by atoms with E-state index < -0.39 is 23.0 Å². The fourth-order valence-corrected chi connectivity index (χ4v) is 1.48. The Hall–Kier alpha value is -0.660. The third-order valence-electron chi connectivity index (χ3n) is 2.09. The molecule has 0 atom stereocenters. The van der Waals surface area contributed by atoms with Crippen LogP contribution >= 0.6 is 0 Å². The van der Waals surface area contributed by atoms with Gasteiger partial charge in [0.2, 0.25) is 0 Å². The largest absolute Gasteiger partial charge is 0.464 e. The van der Waals surface area contributed by atoms with Crippen LogP contribution in [0.2, 0.25) is 0 Å². The molecule has 6 nitrogen and oxygen atoms in total. The molecule has 0 aliphatic heterocycles. The molecule has 0 rings (SSSR count). The molecule has 0 saturated carbocycles. The molecule has 17 heavy (non-hydrogen) atoms. The van der Waals surface area contributed by atoms with E-state index in [1.54, 1.807) is 0 Å². The van der Waals surface area contributed by atoms with Gasteiger partial charge < -0.3 is 4.74 Å². The molecule has 0 saturated heterocycles. The Balaban J connectivity index is 3.34. The van der Waals surface area contributed by atoms with E-state index in [1.807, 2.05) is 0 Å². The number of unbranched alkanes of at least 4 members (excludes halogenated alkanes) is 5. The van der Waals surface area contributed by atoms with E-state index in [1.165, 1.54) is 19.3 Å². The zero-order valence-electron chi connectivity index (χ0n) is 10.1. The Bertz CT molecular complexity index is 298. The summed E-state index contributed by atoms with van der Waals surface area (Å²) in [5.74, 6) is -0.795. The average Bonchev–Trinajstić information content (AvgIpc) is 2.24. The van der Waals surface area contributed by atoms with E-state index >= 15 is 0 Å². The standard InChI is InChI=1S/C10H20O6S/c1-2-3-4-5-6-7-8-15-10(11)9-16-17(12,13)14/h2-9H2,1H3,(H,12,13,14). The van der Waals surface area contributed by atoms with Gasteiger partial charge in [-0.25, -0.2) is 8.98 Å². The second kappa shape index (κ2) is 9.38. The van der Waals surface area contributed by atoms with Crippen LogP contribution in [0.1, 0.15) is 45.4 Å². The first-order valence-electron chi connectivity index (χ1n) is 5.73. The van der Waals surface area contributed by atoms with Crippen LogP contribution in [0.5, 0.6) is 0 Å². The molecule has 102 valence electrons. The van der Waals surface area contributed by atoms with Crippen molar-refractivity contribution in [2.45, 2.75) is 45.4 Å². The van der Waals surface area contributed by atoms with E-state index in [4.69, 9.17) is 9.29 Å². The SMILES string of the molecule is CCCCCCCCOC(=O)COS(=O)(=O)O. The molecule has 0 aromatic rings. The number of carbonyl (C=O) groups is 1. The van der Waals surface area contributed by atoms with Crippen molar-refractivity contribution >= 4 is 16.4 Å². The molecular formula is C10H20O6S. The molecule has 0 amide bonds. The number of esters is 1. The molecular weight excluding hydrogens is 248 g/mol. The molecule has 0 aromatic heterocycles. The third-order valence-corrected chi connectivity index (χ3v) is 2.50. The van der Waals surface area contributed by atoms with Crippen molar-refractivity contribution in [3.63, 3.8) is 0 Å². The Morgan fingerprint density at radius 1 is 1.12 bits per heavy atom. The summed E-state index contributed by atoms with van der Waals surface area (Å²) < 4.78 is 37.0. The minimum absolute atomic E-state index is 0.250. The van der Waals surface area contributed by atoms with Crippen molar-refractivity contribution in [1.82, 2.24) is 0 Å². The predicted molar refractivity (Wildman–Crippen MR) is 61.8 cm³/mol. The fraction of sp³-hybridized carbons (Fsp3) is 0.900. The minimum Gasteiger partial charge on any atom is -0.464 e. The fourth-order valence-electron chi connectivity index (χ4n) is 1.23. The molecule has 0 aromatic carbocycles. The summed E-state index contributed by atoms with van der Waals surface area (Å²) >= 11 is 0. The summed E-state index contributed by atoms with van der Waals surface area (Å²) in [5, 5.41) is 0. The van der Waals surface area contributed by atoms with Gasteiger partial charge in [0, 0.05) is 0 Å². The second-order valence-corrected chi connectivity index (χ2v) is 4.77. The van der Waals surface area contributed by atoms with Crippen molar-refractivity contribution in [2.75, 3.05) is 13.2 Å². The van der Waals surface area contributed by atoms with Crippen molar-refractivity contribution in [3.05, 3.63) is 0 Å². The summed E-state index contributed by atoms with van der Waals surface area (Å²) in [6.07, 6.45) is 6.40.